The molecule has 0 heterocycles. The summed E-state index contributed by atoms with van der Waals surface area (Å²) in [6.07, 6.45) is 24.4. The average Bonchev–Trinajstić information content (AvgIpc) is 2.84. The van der Waals surface area contributed by atoms with E-state index >= 15 is 0 Å². The molecule has 0 aliphatic heterocycles. The molecule has 0 N–H and O–H groups in total. The Morgan fingerprint density at radius 2 is 0.686 bits per heavy atom. The number of rotatable bonds is 20. The molecule has 188 valence electrons. The molecule has 3 heteroatoms. The third-order valence-corrected chi connectivity index (χ3v) is 6.72. The SMILES string of the molecule is CCCCCCCCCCc1ccc(Oc2ccc(CCCCCCCCCC)cc2)cc1.[NaH].[NaH]. The molecule has 0 aliphatic carbocycles. The second-order valence-corrected chi connectivity index (χ2v) is 9.84. The number of aryl methyl sites for hydroxylation is 2. The van der Waals surface area contributed by atoms with Crippen LogP contribution in [-0.4, -0.2) is 59.1 Å². The van der Waals surface area contributed by atoms with Crippen molar-refractivity contribution in [1.29, 1.82) is 0 Å². The van der Waals surface area contributed by atoms with Gasteiger partial charge in [-0.15, -0.1) is 0 Å². The van der Waals surface area contributed by atoms with Crippen molar-refractivity contribution in [1.82, 2.24) is 0 Å². The summed E-state index contributed by atoms with van der Waals surface area (Å²) in [6.45, 7) is 4.57. The molecule has 0 radical (unpaired) electrons. The molecule has 2 rings (SSSR count). The van der Waals surface area contributed by atoms with Crippen LogP contribution in [0.3, 0.4) is 0 Å². The molecule has 0 amide bonds. The van der Waals surface area contributed by atoms with E-state index in [0.29, 0.717) is 0 Å². The van der Waals surface area contributed by atoms with Crippen molar-refractivity contribution in [3.8, 4) is 11.5 Å². The van der Waals surface area contributed by atoms with Crippen LogP contribution in [0.4, 0.5) is 0 Å². The Labute approximate surface area is 262 Å². The van der Waals surface area contributed by atoms with E-state index in [2.05, 4.69) is 62.4 Å². The van der Waals surface area contributed by atoms with Gasteiger partial charge in [-0.25, -0.2) is 0 Å². The molecule has 0 saturated heterocycles. The second-order valence-electron chi connectivity index (χ2n) is 9.84. The molecule has 35 heavy (non-hydrogen) atoms. The fraction of sp³-hybridized carbons (Fsp3) is 0.625. The minimum atomic E-state index is 0. The van der Waals surface area contributed by atoms with Crippen molar-refractivity contribution in [2.75, 3.05) is 0 Å². The van der Waals surface area contributed by atoms with Gasteiger partial charge < -0.3 is 4.74 Å². The first-order valence-corrected chi connectivity index (χ1v) is 14.2. The Balaban J connectivity index is 0.00000578. The number of benzene rings is 2. The first-order valence-electron chi connectivity index (χ1n) is 14.2. The van der Waals surface area contributed by atoms with Gasteiger partial charge >= 0.3 is 59.1 Å². The van der Waals surface area contributed by atoms with Crippen LogP contribution in [0.2, 0.25) is 0 Å². The van der Waals surface area contributed by atoms with Gasteiger partial charge in [-0.05, 0) is 61.1 Å². The predicted molar refractivity (Wildman–Crippen MR) is 160 cm³/mol. The zero-order valence-electron chi connectivity index (χ0n) is 21.8. The van der Waals surface area contributed by atoms with Crippen molar-refractivity contribution in [2.45, 2.75) is 129 Å². The first kappa shape index (κ1) is 35.2. The van der Waals surface area contributed by atoms with Crippen LogP contribution >= 0.6 is 0 Å². The summed E-state index contributed by atoms with van der Waals surface area (Å²) >= 11 is 0. The van der Waals surface area contributed by atoms with Crippen molar-refractivity contribution in [3.63, 3.8) is 0 Å². The molecule has 0 atom stereocenters. The van der Waals surface area contributed by atoms with Crippen molar-refractivity contribution < 1.29 is 4.74 Å². The minimum absolute atomic E-state index is 0. The third-order valence-electron chi connectivity index (χ3n) is 6.72. The molecule has 0 saturated carbocycles. The summed E-state index contributed by atoms with van der Waals surface area (Å²) in [6, 6.07) is 17.4. The zero-order chi connectivity index (χ0) is 23.4. The van der Waals surface area contributed by atoms with Crippen LogP contribution in [0.5, 0.6) is 11.5 Å². The molecule has 0 bridgehead atoms. The zero-order valence-corrected chi connectivity index (χ0v) is 21.8. The van der Waals surface area contributed by atoms with E-state index in [-0.39, 0.29) is 59.1 Å². The van der Waals surface area contributed by atoms with Gasteiger partial charge in [-0.2, -0.15) is 0 Å². The maximum atomic E-state index is 6.07. The topological polar surface area (TPSA) is 9.23 Å². The van der Waals surface area contributed by atoms with Gasteiger partial charge in [-0.1, -0.05) is 128 Å². The van der Waals surface area contributed by atoms with Crippen molar-refractivity contribution in [2.24, 2.45) is 0 Å². The van der Waals surface area contributed by atoms with E-state index in [1.165, 1.54) is 127 Å². The van der Waals surface area contributed by atoms with E-state index in [4.69, 9.17) is 4.74 Å². The quantitative estimate of drug-likeness (QED) is 0.130. The molecule has 0 fully saturated rings. The summed E-state index contributed by atoms with van der Waals surface area (Å²) in [5, 5.41) is 0. The van der Waals surface area contributed by atoms with Gasteiger partial charge in [-0.3, -0.25) is 0 Å². The first-order chi connectivity index (χ1) is 16.3. The molecular weight excluding hydrogens is 446 g/mol. The molecule has 0 unspecified atom stereocenters. The van der Waals surface area contributed by atoms with Crippen molar-refractivity contribution in [3.05, 3.63) is 59.7 Å². The molecule has 2 aromatic rings. The van der Waals surface area contributed by atoms with Crippen LogP contribution in [-0.2, 0) is 12.8 Å². The van der Waals surface area contributed by atoms with E-state index in [1.54, 1.807) is 0 Å². The Morgan fingerprint density at radius 3 is 1.00 bits per heavy atom. The Kier molecular flexibility index (Phi) is 24.7. The van der Waals surface area contributed by atoms with Gasteiger partial charge in [0.05, 0.1) is 0 Å². The fourth-order valence-electron chi connectivity index (χ4n) is 4.51. The number of hydrogen-bond donors (Lipinski definition) is 0. The van der Waals surface area contributed by atoms with E-state index in [1.807, 2.05) is 0 Å². The summed E-state index contributed by atoms with van der Waals surface area (Å²) < 4.78 is 6.07. The van der Waals surface area contributed by atoms with Gasteiger partial charge in [0.1, 0.15) is 11.5 Å². The molecule has 0 aromatic heterocycles. The van der Waals surface area contributed by atoms with Gasteiger partial charge in [0, 0.05) is 0 Å². The summed E-state index contributed by atoms with van der Waals surface area (Å²) in [5.74, 6) is 1.87. The van der Waals surface area contributed by atoms with Crippen LogP contribution < -0.4 is 4.74 Å². The summed E-state index contributed by atoms with van der Waals surface area (Å²) in [4.78, 5) is 0. The van der Waals surface area contributed by atoms with E-state index < -0.39 is 0 Å². The maximum absolute atomic E-state index is 6.07. The van der Waals surface area contributed by atoms with Crippen LogP contribution in [0, 0.1) is 0 Å². The van der Waals surface area contributed by atoms with Crippen LogP contribution in [0.1, 0.15) is 128 Å². The van der Waals surface area contributed by atoms with Crippen LogP contribution in [0.15, 0.2) is 48.5 Å². The molecular formula is C32H52Na2O. The average molecular weight is 499 g/mol. The number of ether oxygens (including phenoxy) is 1. The molecule has 0 spiro atoms. The molecule has 2 aromatic carbocycles. The second kappa shape index (κ2) is 24.6. The molecule has 0 aliphatic rings. The molecule has 1 nitrogen and oxygen atoms in total. The van der Waals surface area contributed by atoms with Crippen molar-refractivity contribution >= 4 is 59.1 Å². The number of hydrogen-bond acceptors (Lipinski definition) is 1. The van der Waals surface area contributed by atoms with Gasteiger partial charge in [0.25, 0.3) is 0 Å². The third kappa shape index (κ3) is 18.2. The normalized spacial score (nSPS) is 10.5. The standard InChI is InChI=1S/C32H50O.2Na.2H/c1-3-5-7-9-11-13-15-17-19-29-21-25-31(26-22-29)33-32-27-23-30(24-28-32)20-18-16-14-12-10-8-6-4-2;;;;/h21-28H,3-20H2,1-2H3;;;;. The Hall–Kier alpha value is 0.240. The van der Waals surface area contributed by atoms with Gasteiger partial charge in [0.15, 0.2) is 0 Å². The summed E-state index contributed by atoms with van der Waals surface area (Å²) in [5.41, 5.74) is 2.85. The monoisotopic (exact) mass is 498 g/mol. The predicted octanol–water partition coefficient (Wildman–Crippen LogP) is 9.55. The van der Waals surface area contributed by atoms with Crippen LogP contribution in [0.25, 0.3) is 0 Å². The number of unbranched alkanes of at least 4 members (excludes halogenated alkanes) is 14. The van der Waals surface area contributed by atoms with E-state index in [0.717, 1.165) is 11.5 Å². The Bertz CT molecular complexity index is 635. The summed E-state index contributed by atoms with van der Waals surface area (Å²) in [7, 11) is 0. The van der Waals surface area contributed by atoms with Gasteiger partial charge in [0.2, 0.25) is 0 Å². The fourth-order valence-corrected chi connectivity index (χ4v) is 4.51. The Morgan fingerprint density at radius 1 is 0.400 bits per heavy atom. The van der Waals surface area contributed by atoms with E-state index in [9.17, 15) is 0 Å².